The minimum Gasteiger partial charge on any atom is -0.292 e. The first-order valence-electron chi connectivity index (χ1n) is 6.78. The molecule has 0 aliphatic heterocycles. The summed E-state index contributed by atoms with van der Waals surface area (Å²) in [6.45, 7) is 5.94. The van der Waals surface area contributed by atoms with Crippen molar-refractivity contribution in [2.24, 2.45) is 0 Å². The highest BCUT2D eigenvalue weighted by Crippen LogP contribution is 2.19. The van der Waals surface area contributed by atoms with E-state index in [9.17, 15) is 4.79 Å². The van der Waals surface area contributed by atoms with Crippen LogP contribution in [0.5, 0.6) is 0 Å². The van der Waals surface area contributed by atoms with E-state index in [1.54, 1.807) is 6.07 Å². The van der Waals surface area contributed by atoms with E-state index < -0.39 is 0 Å². The molecule has 0 bridgehead atoms. The summed E-state index contributed by atoms with van der Waals surface area (Å²) < 4.78 is 1.38. The smallest absolute Gasteiger partial charge is 0.272 e. The fourth-order valence-electron chi connectivity index (χ4n) is 2.45. The van der Waals surface area contributed by atoms with Gasteiger partial charge in [-0.05, 0) is 31.9 Å². The molecule has 0 radical (unpaired) electrons. The highest BCUT2D eigenvalue weighted by Gasteiger charge is 2.11. The Morgan fingerprint density at radius 3 is 2.76 bits per heavy atom. The van der Waals surface area contributed by atoms with Gasteiger partial charge in [0.2, 0.25) is 0 Å². The van der Waals surface area contributed by atoms with E-state index in [1.807, 2.05) is 6.92 Å². The van der Waals surface area contributed by atoms with Gasteiger partial charge in [-0.2, -0.15) is 4.52 Å². The fourth-order valence-corrected chi connectivity index (χ4v) is 2.61. The molecule has 0 aliphatic carbocycles. The third-order valence-electron chi connectivity index (χ3n) is 3.65. The lowest BCUT2D eigenvalue weighted by molar-refractivity contribution is 0.865. The first-order chi connectivity index (χ1) is 9.95. The average molecular weight is 302 g/mol. The molecule has 0 aliphatic rings. The van der Waals surface area contributed by atoms with Crippen LogP contribution < -0.4 is 5.56 Å². The average Bonchev–Trinajstić information content (AvgIpc) is 2.71. The van der Waals surface area contributed by atoms with Crippen LogP contribution in [0, 0.1) is 20.8 Å². The van der Waals surface area contributed by atoms with E-state index in [4.69, 9.17) is 11.6 Å². The van der Waals surface area contributed by atoms with E-state index in [2.05, 4.69) is 42.1 Å². The Bertz CT molecular complexity index is 892. The summed E-state index contributed by atoms with van der Waals surface area (Å²) >= 11 is 6.19. The zero-order valence-corrected chi connectivity index (χ0v) is 13.0. The molecule has 0 amide bonds. The number of nitrogens with one attached hydrogen (secondary N) is 1. The van der Waals surface area contributed by atoms with Crippen LogP contribution in [-0.2, 0) is 6.42 Å². The SMILES string of the molecule is Cc1ccc(C)c(Cc2cc(=O)n3[nH]c(C)c(Cl)c3n2)c1. The lowest BCUT2D eigenvalue weighted by Crippen LogP contribution is -2.16. The minimum atomic E-state index is -0.143. The topological polar surface area (TPSA) is 50.2 Å². The van der Waals surface area contributed by atoms with Crippen molar-refractivity contribution < 1.29 is 0 Å². The van der Waals surface area contributed by atoms with Crippen LogP contribution in [0.4, 0.5) is 0 Å². The lowest BCUT2D eigenvalue weighted by Gasteiger charge is -2.07. The van der Waals surface area contributed by atoms with E-state index >= 15 is 0 Å². The molecule has 1 aromatic carbocycles. The quantitative estimate of drug-likeness (QED) is 0.790. The van der Waals surface area contributed by atoms with Crippen molar-refractivity contribution in [3.63, 3.8) is 0 Å². The van der Waals surface area contributed by atoms with Crippen LogP contribution in [0.3, 0.4) is 0 Å². The third-order valence-corrected chi connectivity index (χ3v) is 4.11. The van der Waals surface area contributed by atoms with Gasteiger partial charge in [-0.15, -0.1) is 0 Å². The maximum atomic E-state index is 12.1. The number of aryl methyl sites for hydroxylation is 3. The van der Waals surface area contributed by atoms with Crippen LogP contribution >= 0.6 is 11.6 Å². The van der Waals surface area contributed by atoms with Gasteiger partial charge in [0.05, 0.1) is 11.4 Å². The second-order valence-electron chi connectivity index (χ2n) is 5.40. The molecule has 3 aromatic rings. The molecule has 2 heterocycles. The Kier molecular flexibility index (Phi) is 3.33. The van der Waals surface area contributed by atoms with Crippen molar-refractivity contribution in [3.05, 3.63) is 67.7 Å². The standard InChI is InChI=1S/C16H16ClN3O/c1-9-4-5-10(2)12(6-9)7-13-8-14(21)20-16(18-13)15(17)11(3)19-20/h4-6,8,19H,7H2,1-3H3. The molecular formula is C16H16ClN3O. The van der Waals surface area contributed by atoms with E-state index in [1.165, 1.54) is 21.2 Å². The molecule has 0 saturated carbocycles. The van der Waals surface area contributed by atoms with Crippen molar-refractivity contribution in [2.45, 2.75) is 27.2 Å². The highest BCUT2D eigenvalue weighted by molar-refractivity contribution is 6.34. The number of H-pyrrole nitrogens is 1. The Labute approximate surface area is 127 Å². The molecule has 0 saturated heterocycles. The predicted octanol–water partition coefficient (Wildman–Crippen LogP) is 3.19. The molecule has 21 heavy (non-hydrogen) atoms. The highest BCUT2D eigenvalue weighted by atomic mass is 35.5. The van der Waals surface area contributed by atoms with Crippen LogP contribution in [0.1, 0.15) is 28.1 Å². The van der Waals surface area contributed by atoms with Gasteiger partial charge in [0.1, 0.15) is 5.02 Å². The Hall–Kier alpha value is -2.07. The van der Waals surface area contributed by atoms with Crippen molar-refractivity contribution in [1.29, 1.82) is 0 Å². The summed E-state index contributed by atoms with van der Waals surface area (Å²) in [5.41, 5.74) is 5.38. The second-order valence-corrected chi connectivity index (χ2v) is 5.78. The first-order valence-corrected chi connectivity index (χ1v) is 7.16. The van der Waals surface area contributed by atoms with Gasteiger partial charge in [-0.3, -0.25) is 9.89 Å². The molecule has 0 unspecified atom stereocenters. The second kappa shape index (κ2) is 5.04. The number of fused-ring (bicyclic) bond motifs is 1. The molecule has 0 fully saturated rings. The Balaban J connectivity index is 2.11. The van der Waals surface area contributed by atoms with Gasteiger partial charge in [0.15, 0.2) is 5.65 Å². The number of benzene rings is 1. The van der Waals surface area contributed by atoms with Crippen molar-refractivity contribution in [3.8, 4) is 0 Å². The molecule has 3 rings (SSSR count). The number of hydrogen-bond donors (Lipinski definition) is 1. The lowest BCUT2D eigenvalue weighted by atomic mass is 10.0. The van der Waals surface area contributed by atoms with Gasteiger partial charge in [-0.1, -0.05) is 35.4 Å². The summed E-state index contributed by atoms with van der Waals surface area (Å²) in [6.07, 6.45) is 0.625. The van der Waals surface area contributed by atoms with Gasteiger partial charge in [0, 0.05) is 12.5 Å². The van der Waals surface area contributed by atoms with Gasteiger partial charge < -0.3 is 0 Å². The summed E-state index contributed by atoms with van der Waals surface area (Å²) in [7, 11) is 0. The monoisotopic (exact) mass is 301 g/mol. The molecule has 108 valence electrons. The van der Waals surface area contributed by atoms with Crippen LogP contribution in [-0.4, -0.2) is 14.6 Å². The van der Waals surface area contributed by atoms with Gasteiger partial charge in [0.25, 0.3) is 5.56 Å². The van der Waals surface area contributed by atoms with Crippen LogP contribution in [0.25, 0.3) is 5.65 Å². The zero-order valence-electron chi connectivity index (χ0n) is 12.2. The van der Waals surface area contributed by atoms with Crippen LogP contribution in [0.15, 0.2) is 29.1 Å². The summed E-state index contributed by atoms with van der Waals surface area (Å²) in [5.74, 6) is 0. The minimum absolute atomic E-state index is 0.143. The zero-order chi connectivity index (χ0) is 15.1. The maximum Gasteiger partial charge on any atom is 0.272 e. The number of aromatic nitrogens is 3. The van der Waals surface area contributed by atoms with Gasteiger partial charge in [-0.25, -0.2) is 4.98 Å². The first kappa shape index (κ1) is 13.9. The molecule has 4 nitrogen and oxygen atoms in total. The fraction of sp³-hybridized carbons (Fsp3) is 0.250. The van der Waals surface area contributed by atoms with Crippen molar-refractivity contribution in [1.82, 2.24) is 14.6 Å². The van der Waals surface area contributed by atoms with Crippen molar-refractivity contribution >= 4 is 17.2 Å². The number of aromatic amines is 1. The summed E-state index contributed by atoms with van der Waals surface area (Å²) in [5, 5.41) is 3.41. The summed E-state index contributed by atoms with van der Waals surface area (Å²) in [6, 6.07) is 7.85. The van der Waals surface area contributed by atoms with E-state index in [0.717, 1.165) is 11.4 Å². The molecule has 2 aromatic heterocycles. The normalized spacial score (nSPS) is 11.2. The summed E-state index contributed by atoms with van der Waals surface area (Å²) in [4.78, 5) is 16.7. The number of halogens is 1. The van der Waals surface area contributed by atoms with E-state index in [-0.39, 0.29) is 5.56 Å². The molecule has 5 heteroatoms. The largest absolute Gasteiger partial charge is 0.292 e. The number of rotatable bonds is 2. The third kappa shape index (κ3) is 2.47. The maximum absolute atomic E-state index is 12.1. The number of hydrogen-bond acceptors (Lipinski definition) is 2. The van der Waals surface area contributed by atoms with Gasteiger partial charge >= 0.3 is 0 Å². The number of nitrogens with zero attached hydrogens (tertiary/aromatic N) is 2. The molecular weight excluding hydrogens is 286 g/mol. The molecule has 0 atom stereocenters. The van der Waals surface area contributed by atoms with E-state index in [0.29, 0.717) is 17.1 Å². The van der Waals surface area contributed by atoms with Crippen LogP contribution in [0.2, 0.25) is 5.02 Å². The molecule has 1 N–H and O–H groups in total. The Morgan fingerprint density at radius 1 is 1.24 bits per heavy atom. The van der Waals surface area contributed by atoms with Crippen molar-refractivity contribution in [2.75, 3.05) is 0 Å². The predicted molar refractivity (Wildman–Crippen MR) is 84.3 cm³/mol. The Morgan fingerprint density at radius 2 is 2.00 bits per heavy atom. The molecule has 0 spiro atoms.